The summed E-state index contributed by atoms with van der Waals surface area (Å²) in [6, 6.07) is 8.17. The molecule has 2 aromatic rings. The van der Waals surface area contributed by atoms with Gasteiger partial charge in [0.1, 0.15) is 5.82 Å². The summed E-state index contributed by atoms with van der Waals surface area (Å²) in [5, 5.41) is 7.34. The number of amides is 1. The van der Waals surface area contributed by atoms with Gasteiger partial charge < -0.3 is 10.1 Å². The first kappa shape index (κ1) is 17.6. The molecule has 0 saturated carbocycles. The Hall–Kier alpha value is -2.21. The normalized spacial score (nSPS) is 19.9. The lowest BCUT2D eigenvalue weighted by atomic mass is 10.1. The van der Waals surface area contributed by atoms with Crippen molar-refractivity contribution in [1.29, 1.82) is 0 Å². The summed E-state index contributed by atoms with van der Waals surface area (Å²) < 4.78 is 20.6. The second-order valence-corrected chi connectivity index (χ2v) is 6.52. The van der Waals surface area contributed by atoms with Gasteiger partial charge in [-0.05, 0) is 50.5 Å². The highest BCUT2D eigenvalue weighted by Gasteiger charge is 2.22. The van der Waals surface area contributed by atoms with Crippen molar-refractivity contribution in [1.82, 2.24) is 15.1 Å². The summed E-state index contributed by atoms with van der Waals surface area (Å²) in [6.07, 6.45) is 6.39. The van der Waals surface area contributed by atoms with Crippen molar-refractivity contribution in [3.8, 4) is 5.69 Å². The molecule has 1 saturated heterocycles. The molecule has 1 aromatic heterocycles. The van der Waals surface area contributed by atoms with Crippen LogP contribution in [0.4, 0.5) is 4.39 Å². The molecule has 0 spiro atoms. The van der Waals surface area contributed by atoms with Crippen molar-refractivity contribution >= 4 is 5.91 Å². The number of rotatable bonds is 7. The number of carbonyl (C=O) groups is 1. The van der Waals surface area contributed by atoms with Gasteiger partial charge in [-0.3, -0.25) is 4.79 Å². The number of carbonyl (C=O) groups excluding carboxylic acids is 1. The largest absolute Gasteiger partial charge is 0.375 e. The van der Waals surface area contributed by atoms with Gasteiger partial charge in [0, 0.05) is 25.6 Å². The molecule has 0 radical (unpaired) electrons. The smallest absolute Gasteiger partial charge is 0.220 e. The van der Waals surface area contributed by atoms with Crippen LogP contribution in [0.15, 0.2) is 36.5 Å². The van der Waals surface area contributed by atoms with Crippen LogP contribution in [0.1, 0.15) is 38.3 Å². The Morgan fingerprint density at radius 2 is 2.28 bits per heavy atom. The van der Waals surface area contributed by atoms with Crippen LogP contribution in [-0.2, 0) is 16.0 Å². The zero-order valence-electron chi connectivity index (χ0n) is 14.5. The average molecular weight is 345 g/mol. The van der Waals surface area contributed by atoms with E-state index in [9.17, 15) is 9.18 Å². The van der Waals surface area contributed by atoms with E-state index in [0.29, 0.717) is 31.2 Å². The zero-order valence-corrected chi connectivity index (χ0v) is 14.5. The van der Waals surface area contributed by atoms with Gasteiger partial charge in [-0.1, -0.05) is 6.07 Å². The molecule has 1 aromatic carbocycles. The van der Waals surface area contributed by atoms with Crippen LogP contribution in [0, 0.1) is 5.82 Å². The first-order valence-corrected chi connectivity index (χ1v) is 8.83. The Bertz CT molecular complexity index is 716. The number of nitrogens with zero attached hydrogens (tertiary/aromatic N) is 2. The Balaban J connectivity index is 1.39. The lowest BCUT2D eigenvalue weighted by Crippen LogP contribution is -2.26. The molecule has 2 unspecified atom stereocenters. The second-order valence-electron chi connectivity index (χ2n) is 6.52. The molecule has 25 heavy (non-hydrogen) atoms. The van der Waals surface area contributed by atoms with Gasteiger partial charge in [0.25, 0.3) is 0 Å². The van der Waals surface area contributed by atoms with E-state index in [-0.39, 0.29) is 17.8 Å². The van der Waals surface area contributed by atoms with E-state index >= 15 is 0 Å². The maximum absolute atomic E-state index is 13.3. The van der Waals surface area contributed by atoms with E-state index in [0.717, 1.165) is 25.0 Å². The lowest BCUT2D eigenvalue weighted by Gasteiger charge is -2.10. The molecule has 6 heteroatoms. The van der Waals surface area contributed by atoms with Gasteiger partial charge in [0.15, 0.2) is 0 Å². The van der Waals surface area contributed by atoms with Gasteiger partial charge in [-0.25, -0.2) is 9.07 Å². The lowest BCUT2D eigenvalue weighted by molar-refractivity contribution is -0.121. The summed E-state index contributed by atoms with van der Waals surface area (Å²) in [5.41, 5.74) is 1.54. The number of nitrogens with one attached hydrogen (secondary N) is 1. The minimum Gasteiger partial charge on any atom is -0.375 e. The summed E-state index contributed by atoms with van der Waals surface area (Å²) in [7, 11) is 0. The maximum Gasteiger partial charge on any atom is 0.220 e. The van der Waals surface area contributed by atoms with Crippen molar-refractivity contribution in [3.63, 3.8) is 0 Å². The van der Waals surface area contributed by atoms with Crippen molar-refractivity contribution in [2.75, 3.05) is 6.54 Å². The van der Waals surface area contributed by atoms with Gasteiger partial charge in [-0.2, -0.15) is 5.10 Å². The third-order valence-electron chi connectivity index (χ3n) is 4.43. The molecule has 5 nitrogen and oxygen atoms in total. The molecule has 1 amide bonds. The Labute approximate surface area is 147 Å². The van der Waals surface area contributed by atoms with E-state index in [1.165, 1.54) is 12.1 Å². The van der Waals surface area contributed by atoms with Crippen LogP contribution in [0.25, 0.3) is 5.69 Å². The highest BCUT2D eigenvalue weighted by molar-refractivity contribution is 5.75. The average Bonchev–Trinajstić information content (AvgIpc) is 3.22. The van der Waals surface area contributed by atoms with Crippen LogP contribution < -0.4 is 5.32 Å². The Morgan fingerprint density at radius 3 is 3.04 bits per heavy atom. The standard InChI is InChI=1S/C19H24FN3O2/c1-14-5-6-18(25-14)7-8-19(24)21-11-9-16-10-12-23(22-16)17-4-2-3-15(20)13-17/h2-4,10,12-14,18H,5-9,11H2,1H3,(H,21,24). The molecule has 2 atom stereocenters. The number of ether oxygens (including phenoxy) is 1. The summed E-state index contributed by atoms with van der Waals surface area (Å²) >= 11 is 0. The fourth-order valence-electron chi connectivity index (χ4n) is 3.07. The van der Waals surface area contributed by atoms with Crippen molar-refractivity contribution in [2.45, 2.75) is 51.2 Å². The maximum atomic E-state index is 13.3. The van der Waals surface area contributed by atoms with Gasteiger partial charge in [0.2, 0.25) is 5.91 Å². The highest BCUT2D eigenvalue weighted by atomic mass is 19.1. The molecular weight excluding hydrogens is 321 g/mol. The van der Waals surface area contributed by atoms with Crippen molar-refractivity contribution in [2.24, 2.45) is 0 Å². The van der Waals surface area contributed by atoms with E-state index in [1.54, 1.807) is 23.0 Å². The van der Waals surface area contributed by atoms with Crippen LogP contribution >= 0.6 is 0 Å². The van der Waals surface area contributed by atoms with E-state index in [2.05, 4.69) is 17.3 Å². The van der Waals surface area contributed by atoms with E-state index in [4.69, 9.17) is 4.74 Å². The molecule has 1 aliphatic heterocycles. The Morgan fingerprint density at radius 1 is 1.40 bits per heavy atom. The quantitative estimate of drug-likeness (QED) is 0.839. The predicted octanol–water partition coefficient (Wildman–Crippen LogP) is 3.02. The molecule has 1 aliphatic rings. The van der Waals surface area contributed by atoms with E-state index < -0.39 is 0 Å². The number of hydrogen-bond donors (Lipinski definition) is 1. The summed E-state index contributed by atoms with van der Waals surface area (Å²) in [6.45, 7) is 2.62. The predicted molar refractivity (Wildman–Crippen MR) is 93.0 cm³/mol. The first-order chi connectivity index (χ1) is 12.1. The van der Waals surface area contributed by atoms with Crippen LogP contribution in [0.3, 0.4) is 0 Å². The van der Waals surface area contributed by atoms with Crippen LogP contribution in [0.2, 0.25) is 0 Å². The van der Waals surface area contributed by atoms with Crippen molar-refractivity contribution < 1.29 is 13.9 Å². The minimum absolute atomic E-state index is 0.0488. The number of halogens is 1. The molecular formula is C19H24FN3O2. The van der Waals surface area contributed by atoms with Crippen LogP contribution in [-0.4, -0.2) is 34.4 Å². The highest BCUT2D eigenvalue weighted by Crippen LogP contribution is 2.22. The van der Waals surface area contributed by atoms with Gasteiger partial charge in [-0.15, -0.1) is 0 Å². The van der Waals surface area contributed by atoms with Gasteiger partial charge in [0.05, 0.1) is 23.6 Å². The molecule has 2 heterocycles. The monoisotopic (exact) mass is 345 g/mol. The molecule has 1 N–H and O–H groups in total. The zero-order chi connectivity index (χ0) is 17.6. The Kier molecular flexibility index (Phi) is 5.81. The SMILES string of the molecule is CC1CCC(CCC(=O)NCCc2ccn(-c3cccc(F)c3)n2)O1. The van der Waals surface area contributed by atoms with E-state index in [1.807, 2.05) is 6.07 Å². The van der Waals surface area contributed by atoms with Crippen molar-refractivity contribution in [3.05, 3.63) is 48.0 Å². The summed E-state index contributed by atoms with van der Waals surface area (Å²) in [5.74, 6) is -0.241. The number of hydrogen-bond acceptors (Lipinski definition) is 3. The molecule has 0 bridgehead atoms. The molecule has 1 fully saturated rings. The third-order valence-corrected chi connectivity index (χ3v) is 4.43. The molecule has 134 valence electrons. The fraction of sp³-hybridized carbons (Fsp3) is 0.474. The first-order valence-electron chi connectivity index (χ1n) is 8.83. The number of benzene rings is 1. The number of aromatic nitrogens is 2. The molecule has 0 aliphatic carbocycles. The minimum atomic E-state index is -0.289. The second kappa shape index (κ2) is 8.25. The third kappa shape index (κ3) is 5.13. The van der Waals surface area contributed by atoms with Gasteiger partial charge >= 0.3 is 0 Å². The fourth-order valence-corrected chi connectivity index (χ4v) is 3.07. The topological polar surface area (TPSA) is 56.2 Å². The van der Waals surface area contributed by atoms with Crippen LogP contribution in [0.5, 0.6) is 0 Å². The summed E-state index contributed by atoms with van der Waals surface area (Å²) in [4.78, 5) is 11.9. The molecule has 3 rings (SSSR count).